The predicted octanol–water partition coefficient (Wildman–Crippen LogP) is 4.41. The number of H-pyrrole nitrogens is 2. The van der Waals surface area contributed by atoms with Crippen LogP contribution < -0.4 is 10.3 Å². The van der Waals surface area contributed by atoms with Gasteiger partial charge in [-0.05, 0) is 23.3 Å². The second-order valence-corrected chi connectivity index (χ2v) is 8.07. The predicted molar refractivity (Wildman–Crippen MR) is 117 cm³/mol. The van der Waals surface area contributed by atoms with E-state index in [0.29, 0.717) is 19.7 Å². The van der Waals surface area contributed by atoms with Gasteiger partial charge in [0.25, 0.3) is 5.56 Å². The second kappa shape index (κ2) is 8.40. The Morgan fingerprint density at radius 2 is 1.91 bits per heavy atom. The third-order valence-electron chi connectivity index (χ3n) is 5.80. The summed E-state index contributed by atoms with van der Waals surface area (Å²) in [6, 6.07) is 15.7. The minimum absolute atomic E-state index is 0.216. The molecule has 2 aromatic heterocycles. The van der Waals surface area contributed by atoms with E-state index < -0.39 is 17.6 Å². The fourth-order valence-corrected chi connectivity index (χ4v) is 4.19. The van der Waals surface area contributed by atoms with Crippen LogP contribution in [0.2, 0.25) is 0 Å². The molecule has 9 heteroatoms. The number of hydrogen-bond donors (Lipinski definition) is 2. The number of rotatable bonds is 5. The molecule has 0 amide bonds. The Hall–Kier alpha value is -3.59. The van der Waals surface area contributed by atoms with E-state index in [4.69, 9.17) is 4.74 Å². The average molecular weight is 454 g/mol. The van der Waals surface area contributed by atoms with Crippen LogP contribution in [-0.2, 0) is 32.3 Å². The van der Waals surface area contributed by atoms with Crippen LogP contribution in [0, 0.1) is 0 Å². The highest BCUT2D eigenvalue weighted by Gasteiger charge is 2.36. The number of hydrogen-bond acceptors (Lipinski definition) is 4. The first-order valence-corrected chi connectivity index (χ1v) is 10.6. The van der Waals surface area contributed by atoms with Crippen LogP contribution in [0.3, 0.4) is 0 Å². The molecule has 1 aliphatic rings. The fourth-order valence-electron chi connectivity index (χ4n) is 4.19. The number of nitrogens with zero attached hydrogens (tertiary/aromatic N) is 2. The number of benzene rings is 2. The van der Waals surface area contributed by atoms with E-state index in [1.165, 1.54) is 0 Å². The highest BCUT2D eigenvalue weighted by molar-refractivity contribution is 5.89. The van der Waals surface area contributed by atoms with Crippen molar-refractivity contribution in [2.45, 2.75) is 32.3 Å². The molecule has 4 aromatic rings. The molecule has 6 nitrogen and oxygen atoms in total. The lowest BCUT2D eigenvalue weighted by atomic mass is 10.1. The van der Waals surface area contributed by atoms with E-state index in [2.05, 4.69) is 9.97 Å². The van der Waals surface area contributed by atoms with Gasteiger partial charge in [-0.2, -0.15) is 13.2 Å². The molecule has 1 aliphatic heterocycles. The number of aromatic amines is 2. The molecule has 0 fully saturated rings. The van der Waals surface area contributed by atoms with Gasteiger partial charge in [0.15, 0.2) is 0 Å². The van der Waals surface area contributed by atoms with Gasteiger partial charge < -0.3 is 14.7 Å². The van der Waals surface area contributed by atoms with Gasteiger partial charge in [-0.25, -0.2) is 4.98 Å². The van der Waals surface area contributed by atoms with Gasteiger partial charge in [0.2, 0.25) is 5.82 Å². The SMILES string of the molecule is O=c1[nH]c(C(F)(F)F)nc2c1CN(Cc1c[nH]c3cccc(OCc4ccccc4)c13)CC2. The first-order chi connectivity index (χ1) is 15.9. The number of nitrogens with one attached hydrogen (secondary N) is 2. The first-order valence-electron chi connectivity index (χ1n) is 10.6. The number of ether oxygens (including phenoxy) is 1. The molecule has 0 atom stereocenters. The summed E-state index contributed by atoms with van der Waals surface area (Å²) in [5.74, 6) is -0.490. The Morgan fingerprint density at radius 3 is 2.70 bits per heavy atom. The molecule has 0 spiro atoms. The molecule has 0 saturated heterocycles. The van der Waals surface area contributed by atoms with Crippen LogP contribution in [-0.4, -0.2) is 26.4 Å². The van der Waals surface area contributed by atoms with Crippen LogP contribution in [0.1, 0.15) is 28.2 Å². The van der Waals surface area contributed by atoms with Gasteiger partial charge in [-0.1, -0.05) is 36.4 Å². The van der Waals surface area contributed by atoms with E-state index in [1.807, 2.05) is 64.6 Å². The van der Waals surface area contributed by atoms with Gasteiger partial charge in [-0.15, -0.1) is 0 Å². The normalized spacial score (nSPS) is 14.4. The fraction of sp³-hybridized carbons (Fsp3) is 0.250. The van der Waals surface area contributed by atoms with Crippen LogP contribution in [0.15, 0.2) is 59.5 Å². The topological polar surface area (TPSA) is 74.0 Å². The van der Waals surface area contributed by atoms with Gasteiger partial charge in [0.1, 0.15) is 12.4 Å². The smallest absolute Gasteiger partial charge is 0.449 e. The Kier molecular flexibility index (Phi) is 5.41. The summed E-state index contributed by atoms with van der Waals surface area (Å²) in [6.07, 6.45) is -2.49. The molecule has 0 bridgehead atoms. The Balaban J connectivity index is 1.38. The molecule has 2 N–H and O–H groups in total. The Morgan fingerprint density at radius 1 is 1.09 bits per heavy atom. The highest BCUT2D eigenvalue weighted by atomic mass is 19.4. The van der Waals surface area contributed by atoms with Gasteiger partial charge >= 0.3 is 6.18 Å². The molecular weight excluding hydrogens is 433 g/mol. The number of halogens is 3. The zero-order valence-electron chi connectivity index (χ0n) is 17.6. The molecule has 0 aliphatic carbocycles. The Bertz CT molecular complexity index is 1350. The summed E-state index contributed by atoms with van der Waals surface area (Å²) < 4.78 is 45.0. The average Bonchev–Trinajstić information content (AvgIpc) is 3.21. The van der Waals surface area contributed by atoms with Gasteiger partial charge in [0, 0.05) is 43.2 Å². The van der Waals surface area contributed by atoms with Gasteiger partial charge in [0.05, 0.1) is 11.3 Å². The molecule has 0 saturated carbocycles. The minimum atomic E-state index is -4.68. The second-order valence-electron chi connectivity index (χ2n) is 8.07. The number of aromatic nitrogens is 3. The largest absolute Gasteiger partial charge is 0.488 e. The zero-order chi connectivity index (χ0) is 23.0. The summed E-state index contributed by atoms with van der Waals surface area (Å²) in [7, 11) is 0. The van der Waals surface area contributed by atoms with Crippen molar-refractivity contribution in [1.29, 1.82) is 0 Å². The minimum Gasteiger partial charge on any atom is -0.488 e. The molecule has 0 unspecified atom stereocenters. The number of alkyl halides is 3. The van der Waals surface area contributed by atoms with Crippen molar-refractivity contribution in [3.8, 4) is 5.75 Å². The van der Waals surface area contributed by atoms with Crippen LogP contribution >= 0.6 is 0 Å². The summed E-state index contributed by atoms with van der Waals surface area (Å²) in [5.41, 5.74) is 2.76. The first kappa shape index (κ1) is 21.3. The summed E-state index contributed by atoms with van der Waals surface area (Å²) in [4.78, 5) is 23.1. The third-order valence-corrected chi connectivity index (χ3v) is 5.80. The van der Waals surface area contributed by atoms with Crippen molar-refractivity contribution in [2.75, 3.05) is 6.54 Å². The van der Waals surface area contributed by atoms with E-state index in [1.54, 1.807) is 0 Å². The third kappa shape index (κ3) is 4.36. The van der Waals surface area contributed by atoms with Crippen molar-refractivity contribution in [3.05, 3.63) is 93.3 Å². The maximum absolute atomic E-state index is 13.0. The highest BCUT2D eigenvalue weighted by Crippen LogP contribution is 2.31. The molecule has 0 radical (unpaired) electrons. The number of fused-ring (bicyclic) bond motifs is 2. The molecule has 2 aromatic carbocycles. The van der Waals surface area contributed by atoms with Crippen molar-refractivity contribution < 1.29 is 17.9 Å². The van der Waals surface area contributed by atoms with Gasteiger partial charge in [-0.3, -0.25) is 9.69 Å². The lowest BCUT2D eigenvalue weighted by Crippen LogP contribution is -2.36. The molecular formula is C24H21F3N4O2. The molecule has 170 valence electrons. The maximum atomic E-state index is 13.0. The molecule has 5 rings (SSSR count). The van der Waals surface area contributed by atoms with Crippen LogP contribution in [0.25, 0.3) is 10.9 Å². The zero-order valence-corrected chi connectivity index (χ0v) is 17.6. The molecule has 33 heavy (non-hydrogen) atoms. The molecule has 3 heterocycles. The van der Waals surface area contributed by atoms with Crippen molar-refractivity contribution in [3.63, 3.8) is 0 Å². The van der Waals surface area contributed by atoms with E-state index in [0.717, 1.165) is 27.8 Å². The standard InChI is InChI=1S/C24H21F3N4O2/c25-24(26,27)23-29-18-9-10-31(13-17(18)22(32)30-23)12-16-11-28-19-7-4-8-20(21(16)19)33-14-15-5-2-1-3-6-15/h1-8,11,28H,9-10,12-14H2,(H,29,30,32). The summed E-state index contributed by atoms with van der Waals surface area (Å²) >= 11 is 0. The lowest BCUT2D eigenvalue weighted by Gasteiger charge is -2.27. The van der Waals surface area contributed by atoms with E-state index >= 15 is 0 Å². The maximum Gasteiger partial charge on any atom is 0.449 e. The van der Waals surface area contributed by atoms with Crippen molar-refractivity contribution >= 4 is 10.9 Å². The monoisotopic (exact) mass is 454 g/mol. The Labute approximate surface area is 187 Å². The van der Waals surface area contributed by atoms with Crippen molar-refractivity contribution in [1.82, 2.24) is 19.9 Å². The van der Waals surface area contributed by atoms with E-state index in [-0.39, 0.29) is 24.2 Å². The van der Waals surface area contributed by atoms with Crippen LogP contribution in [0.4, 0.5) is 13.2 Å². The van der Waals surface area contributed by atoms with E-state index in [9.17, 15) is 18.0 Å². The van der Waals surface area contributed by atoms with Crippen LogP contribution in [0.5, 0.6) is 5.75 Å². The quantitative estimate of drug-likeness (QED) is 0.469. The van der Waals surface area contributed by atoms with Crippen molar-refractivity contribution in [2.24, 2.45) is 0 Å². The summed E-state index contributed by atoms with van der Waals surface area (Å²) in [5, 5.41) is 0.957. The lowest BCUT2D eigenvalue weighted by molar-refractivity contribution is -0.145. The summed E-state index contributed by atoms with van der Waals surface area (Å²) in [6.45, 7) is 1.69.